The first-order valence-corrected chi connectivity index (χ1v) is 8.95. The zero-order chi connectivity index (χ0) is 17.9. The SMILES string of the molecule is COc1ccc(-c2nc(SCc3cn4ccccc4n3)n[nH]2)c(OC)c1. The first-order chi connectivity index (χ1) is 12.8. The van der Waals surface area contributed by atoms with Gasteiger partial charge in [-0.15, -0.1) is 5.10 Å². The average Bonchev–Trinajstić information content (AvgIpc) is 3.32. The lowest BCUT2D eigenvalue weighted by Gasteiger charge is -2.07. The minimum Gasteiger partial charge on any atom is -0.497 e. The van der Waals surface area contributed by atoms with Crippen molar-refractivity contribution < 1.29 is 9.47 Å². The van der Waals surface area contributed by atoms with Gasteiger partial charge in [-0.1, -0.05) is 17.8 Å². The first-order valence-electron chi connectivity index (χ1n) is 7.97. The van der Waals surface area contributed by atoms with E-state index in [2.05, 4.69) is 20.2 Å². The average molecular weight is 367 g/mol. The van der Waals surface area contributed by atoms with Crippen LogP contribution < -0.4 is 9.47 Å². The fourth-order valence-electron chi connectivity index (χ4n) is 2.62. The monoisotopic (exact) mass is 367 g/mol. The lowest BCUT2D eigenvalue weighted by Crippen LogP contribution is -1.91. The second kappa shape index (κ2) is 7.09. The van der Waals surface area contributed by atoms with Crippen LogP contribution in [0.15, 0.2) is 53.9 Å². The second-order valence-electron chi connectivity index (χ2n) is 5.52. The molecule has 0 atom stereocenters. The van der Waals surface area contributed by atoms with Gasteiger partial charge in [-0.05, 0) is 24.3 Å². The highest BCUT2D eigenvalue weighted by Gasteiger charge is 2.13. The van der Waals surface area contributed by atoms with E-state index in [4.69, 9.17) is 9.47 Å². The Hall–Kier alpha value is -3.00. The van der Waals surface area contributed by atoms with Gasteiger partial charge < -0.3 is 13.9 Å². The van der Waals surface area contributed by atoms with E-state index in [-0.39, 0.29) is 0 Å². The van der Waals surface area contributed by atoms with Crippen molar-refractivity contribution in [2.75, 3.05) is 14.2 Å². The van der Waals surface area contributed by atoms with E-state index in [0.29, 0.717) is 22.5 Å². The molecule has 0 bridgehead atoms. The van der Waals surface area contributed by atoms with E-state index in [1.165, 1.54) is 11.8 Å². The third kappa shape index (κ3) is 3.23. The summed E-state index contributed by atoms with van der Waals surface area (Å²) in [7, 11) is 3.24. The van der Waals surface area contributed by atoms with Gasteiger partial charge in [0.25, 0.3) is 0 Å². The van der Waals surface area contributed by atoms with Crippen LogP contribution >= 0.6 is 11.8 Å². The number of hydrogen-bond acceptors (Lipinski definition) is 6. The Morgan fingerprint density at radius 3 is 2.85 bits per heavy atom. The Morgan fingerprint density at radius 2 is 2.04 bits per heavy atom. The summed E-state index contributed by atoms with van der Waals surface area (Å²) in [6.07, 6.45) is 4.00. The quantitative estimate of drug-likeness (QED) is 0.526. The molecule has 3 heterocycles. The van der Waals surface area contributed by atoms with Gasteiger partial charge in [-0.3, -0.25) is 5.10 Å². The van der Waals surface area contributed by atoms with Gasteiger partial charge >= 0.3 is 0 Å². The van der Waals surface area contributed by atoms with Crippen molar-refractivity contribution in [1.82, 2.24) is 24.6 Å². The van der Waals surface area contributed by atoms with E-state index in [1.807, 2.05) is 53.2 Å². The van der Waals surface area contributed by atoms with Crippen molar-refractivity contribution in [3.8, 4) is 22.9 Å². The number of imidazole rings is 1. The molecule has 0 fully saturated rings. The molecule has 1 aromatic carbocycles. The van der Waals surface area contributed by atoms with Crippen molar-refractivity contribution in [1.29, 1.82) is 0 Å². The van der Waals surface area contributed by atoms with Gasteiger partial charge in [0.1, 0.15) is 17.1 Å². The molecule has 0 amide bonds. The molecule has 132 valence electrons. The van der Waals surface area contributed by atoms with E-state index in [1.54, 1.807) is 14.2 Å². The van der Waals surface area contributed by atoms with E-state index in [0.717, 1.165) is 22.7 Å². The Kier molecular flexibility index (Phi) is 4.49. The number of benzene rings is 1. The molecule has 0 unspecified atom stereocenters. The summed E-state index contributed by atoms with van der Waals surface area (Å²) in [5.41, 5.74) is 2.75. The summed E-state index contributed by atoms with van der Waals surface area (Å²) in [4.78, 5) is 9.14. The fraction of sp³-hybridized carbons (Fsp3) is 0.167. The molecule has 0 aliphatic carbocycles. The molecule has 0 saturated heterocycles. The standard InChI is InChI=1S/C18H17N5O2S/c1-24-13-6-7-14(15(9-13)25-2)17-20-18(22-21-17)26-11-12-10-23-8-4-3-5-16(23)19-12/h3-10H,11H2,1-2H3,(H,20,21,22). The number of aromatic amines is 1. The number of aromatic nitrogens is 5. The maximum Gasteiger partial charge on any atom is 0.209 e. The molecule has 0 aliphatic heterocycles. The van der Waals surface area contributed by atoms with Gasteiger partial charge in [0, 0.05) is 24.2 Å². The highest BCUT2D eigenvalue weighted by molar-refractivity contribution is 7.98. The third-order valence-electron chi connectivity index (χ3n) is 3.89. The van der Waals surface area contributed by atoms with Gasteiger partial charge in [-0.2, -0.15) is 0 Å². The first kappa shape index (κ1) is 16.5. The smallest absolute Gasteiger partial charge is 0.209 e. The number of nitrogens with one attached hydrogen (secondary N) is 1. The van der Waals surface area contributed by atoms with Crippen LogP contribution in [0.5, 0.6) is 11.5 Å². The normalized spacial score (nSPS) is 11.0. The van der Waals surface area contributed by atoms with Crippen molar-refractivity contribution >= 4 is 17.4 Å². The third-order valence-corrected chi connectivity index (χ3v) is 4.77. The van der Waals surface area contributed by atoms with Crippen molar-refractivity contribution in [2.45, 2.75) is 10.9 Å². The molecule has 8 heteroatoms. The molecule has 0 spiro atoms. The number of hydrogen-bond donors (Lipinski definition) is 1. The fourth-order valence-corrected chi connectivity index (χ4v) is 3.30. The molecule has 4 aromatic rings. The summed E-state index contributed by atoms with van der Waals surface area (Å²) in [6, 6.07) is 11.5. The van der Waals surface area contributed by atoms with Crippen LogP contribution in [0.2, 0.25) is 0 Å². The van der Waals surface area contributed by atoms with E-state index < -0.39 is 0 Å². The predicted octanol–water partition coefficient (Wildman–Crippen LogP) is 3.43. The molecule has 4 rings (SSSR count). The zero-order valence-electron chi connectivity index (χ0n) is 14.3. The van der Waals surface area contributed by atoms with Gasteiger partial charge in [0.15, 0.2) is 5.82 Å². The second-order valence-corrected chi connectivity index (χ2v) is 6.46. The molecule has 26 heavy (non-hydrogen) atoms. The number of fused-ring (bicyclic) bond motifs is 1. The minimum atomic E-state index is 0.655. The maximum absolute atomic E-state index is 5.43. The van der Waals surface area contributed by atoms with Crippen LogP contribution in [0.1, 0.15) is 5.69 Å². The highest BCUT2D eigenvalue weighted by Crippen LogP contribution is 2.32. The van der Waals surface area contributed by atoms with Gasteiger partial charge in [0.05, 0.1) is 25.5 Å². The number of methoxy groups -OCH3 is 2. The van der Waals surface area contributed by atoms with Crippen LogP contribution in [-0.2, 0) is 5.75 Å². The molecule has 7 nitrogen and oxygen atoms in total. The summed E-state index contributed by atoms with van der Waals surface area (Å²) in [6.45, 7) is 0. The summed E-state index contributed by atoms with van der Waals surface area (Å²) >= 11 is 1.53. The largest absolute Gasteiger partial charge is 0.497 e. The number of nitrogens with zero attached hydrogens (tertiary/aromatic N) is 4. The highest BCUT2D eigenvalue weighted by atomic mass is 32.2. The zero-order valence-corrected chi connectivity index (χ0v) is 15.2. The Morgan fingerprint density at radius 1 is 1.12 bits per heavy atom. The van der Waals surface area contributed by atoms with Crippen LogP contribution in [0.3, 0.4) is 0 Å². The number of H-pyrrole nitrogens is 1. The number of pyridine rings is 1. The number of rotatable bonds is 6. The Bertz CT molecular complexity index is 1010. The number of thioether (sulfide) groups is 1. The minimum absolute atomic E-state index is 0.655. The number of ether oxygens (including phenoxy) is 2. The summed E-state index contributed by atoms with van der Waals surface area (Å²) < 4.78 is 12.7. The van der Waals surface area contributed by atoms with Crippen molar-refractivity contribution in [2.24, 2.45) is 0 Å². The van der Waals surface area contributed by atoms with Gasteiger partial charge in [-0.25, -0.2) is 9.97 Å². The van der Waals surface area contributed by atoms with E-state index >= 15 is 0 Å². The molecule has 0 saturated carbocycles. The molecule has 1 N–H and O–H groups in total. The van der Waals surface area contributed by atoms with Crippen molar-refractivity contribution in [3.63, 3.8) is 0 Å². The lowest BCUT2D eigenvalue weighted by molar-refractivity contribution is 0.395. The lowest BCUT2D eigenvalue weighted by atomic mass is 10.2. The van der Waals surface area contributed by atoms with Crippen molar-refractivity contribution in [3.05, 3.63) is 54.5 Å². The van der Waals surface area contributed by atoms with Crippen LogP contribution in [-0.4, -0.2) is 38.8 Å². The molecule has 3 aromatic heterocycles. The van der Waals surface area contributed by atoms with Crippen LogP contribution in [0, 0.1) is 0 Å². The molecular formula is C18H17N5O2S. The Balaban J connectivity index is 1.51. The van der Waals surface area contributed by atoms with Crippen LogP contribution in [0.25, 0.3) is 17.0 Å². The molecular weight excluding hydrogens is 350 g/mol. The predicted molar refractivity (Wildman–Crippen MR) is 99.7 cm³/mol. The van der Waals surface area contributed by atoms with Crippen LogP contribution in [0.4, 0.5) is 0 Å². The van der Waals surface area contributed by atoms with Gasteiger partial charge in [0.2, 0.25) is 5.16 Å². The maximum atomic E-state index is 5.43. The summed E-state index contributed by atoms with van der Waals surface area (Å²) in [5, 5.41) is 7.92. The topological polar surface area (TPSA) is 77.3 Å². The molecule has 0 aliphatic rings. The van der Waals surface area contributed by atoms with E-state index in [9.17, 15) is 0 Å². The molecule has 0 radical (unpaired) electrons. The summed E-state index contributed by atoms with van der Waals surface area (Å²) in [5.74, 6) is 2.75. The Labute approximate surface area is 154 Å².